The maximum atomic E-state index is 13.1. The highest BCUT2D eigenvalue weighted by molar-refractivity contribution is 5.88. The molecule has 2 aromatic carbocycles. The predicted molar refractivity (Wildman–Crippen MR) is 123 cm³/mol. The first-order chi connectivity index (χ1) is 15.6. The highest BCUT2D eigenvalue weighted by Gasteiger charge is 2.34. The van der Waals surface area contributed by atoms with Crippen molar-refractivity contribution in [1.82, 2.24) is 9.88 Å². The molecule has 33 heavy (non-hydrogen) atoms. The molecule has 0 bridgehead atoms. The lowest BCUT2D eigenvalue weighted by Crippen LogP contribution is -2.35. The number of nitrogens with one attached hydrogen (secondary N) is 1. The summed E-state index contributed by atoms with van der Waals surface area (Å²) in [5.41, 5.74) is 5.91. The lowest BCUT2D eigenvalue weighted by molar-refractivity contribution is -0.145. The molecule has 0 saturated carbocycles. The Morgan fingerprint density at radius 1 is 1.09 bits per heavy atom. The minimum atomic E-state index is -4.22. The first-order valence-electron chi connectivity index (χ1n) is 11.3. The van der Waals surface area contributed by atoms with Gasteiger partial charge in [0.25, 0.3) is 0 Å². The molecule has 2 heterocycles. The minimum absolute atomic E-state index is 0.0563. The van der Waals surface area contributed by atoms with Gasteiger partial charge in [0.05, 0.1) is 12.1 Å². The van der Waals surface area contributed by atoms with E-state index in [0.29, 0.717) is 25.9 Å². The number of aryl methyl sites for hydroxylation is 2. The number of rotatable bonds is 5. The summed E-state index contributed by atoms with van der Waals surface area (Å²) >= 11 is 0. The zero-order valence-electron chi connectivity index (χ0n) is 18.9. The Balaban J connectivity index is 1.67. The molecular weight excluding hydrogens is 429 g/mol. The molecule has 7 heteroatoms. The Labute approximate surface area is 191 Å². The molecule has 0 amide bonds. The Morgan fingerprint density at radius 3 is 2.45 bits per heavy atom. The van der Waals surface area contributed by atoms with Crippen molar-refractivity contribution < 1.29 is 23.1 Å². The fraction of sp³-hybridized carbons (Fsp3) is 0.423. The van der Waals surface area contributed by atoms with Gasteiger partial charge in [-0.15, -0.1) is 0 Å². The van der Waals surface area contributed by atoms with Crippen LogP contribution in [0.15, 0.2) is 42.6 Å². The van der Waals surface area contributed by atoms with Crippen molar-refractivity contribution in [3.8, 4) is 0 Å². The van der Waals surface area contributed by atoms with Crippen molar-refractivity contribution in [3.63, 3.8) is 0 Å². The van der Waals surface area contributed by atoms with E-state index in [1.165, 1.54) is 27.0 Å². The molecule has 1 saturated heterocycles. The van der Waals surface area contributed by atoms with Gasteiger partial charge < -0.3 is 10.1 Å². The molecule has 4 nitrogen and oxygen atoms in total. The average molecular weight is 459 g/mol. The molecule has 0 unspecified atom stereocenters. The maximum Gasteiger partial charge on any atom is 0.401 e. The van der Waals surface area contributed by atoms with Crippen LogP contribution in [-0.4, -0.2) is 46.8 Å². The number of carboxylic acids is 1. The third-order valence-electron chi connectivity index (χ3n) is 6.97. The highest BCUT2D eigenvalue weighted by atomic mass is 19.4. The van der Waals surface area contributed by atoms with E-state index in [-0.39, 0.29) is 17.4 Å². The van der Waals surface area contributed by atoms with Gasteiger partial charge >= 0.3 is 12.1 Å². The normalized spacial score (nSPS) is 20.2. The van der Waals surface area contributed by atoms with Gasteiger partial charge in [-0.1, -0.05) is 18.2 Å². The quantitative estimate of drug-likeness (QED) is 0.487. The van der Waals surface area contributed by atoms with Gasteiger partial charge in [0.1, 0.15) is 0 Å². The van der Waals surface area contributed by atoms with Crippen LogP contribution in [0.4, 0.5) is 13.2 Å². The second-order valence-corrected chi connectivity index (χ2v) is 9.22. The third-order valence-corrected chi connectivity index (χ3v) is 6.97. The standard InChI is InChI=1S/C26H29F3N2O2/c1-16-13-17(2)24-22(7-10-30-24)23(16)14-20-8-11-31(15-26(27,28)29)12-9-21(20)18-3-5-19(6-4-18)25(32)33/h3-7,10,13,20-21,30H,8-9,11-12,14-15H2,1-2H3,(H,32,33)/t20-,21-/m0/s1. The topological polar surface area (TPSA) is 56.3 Å². The molecule has 2 N–H and O–H groups in total. The third kappa shape index (κ3) is 5.24. The van der Waals surface area contributed by atoms with E-state index in [1.54, 1.807) is 12.1 Å². The van der Waals surface area contributed by atoms with Crippen molar-refractivity contribution >= 4 is 16.9 Å². The average Bonchev–Trinajstić information content (AvgIpc) is 3.15. The number of hydrogen-bond acceptors (Lipinski definition) is 2. The molecular formula is C26H29F3N2O2. The van der Waals surface area contributed by atoms with E-state index in [0.717, 1.165) is 17.5 Å². The van der Waals surface area contributed by atoms with E-state index in [1.807, 2.05) is 18.3 Å². The van der Waals surface area contributed by atoms with Gasteiger partial charge in [0.15, 0.2) is 0 Å². The van der Waals surface area contributed by atoms with Gasteiger partial charge in [-0.25, -0.2) is 4.79 Å². The number of aromatic nitrogens is 1. The number of alkyl halides is 3. The first kappa shape index (κ1) is 23.4. The number of H-pyrrole nitrogens is 1. The second kappa shape index (κ2) is 9.21. The smallest absolute Gasteiger partial charge is 0.401 e. The fourth-order valence-corrected chi connectivity index (χ4v) is 5.36. The van der Waals surface area contributed by atoms with E-state index in [9.17, 15) is 23.1 Å². The summed E-state index contributed by atoms with van der Waals surface area (Å²) in [5.74, 6) is -0.778. The largest absolute Gasteiger partial charge is 0.478 e. The van der Waals surface area contributed by atoms with Crippen LogP contribution >= 0.6 is 0 Å². The van der Waals surface area contributed by atoms with E-state index in [2.05, 4.69) is 31.0 Å². The van der Waals surface area contributed by atoms with E-state index >= 15 is 0 Å². The lowest BCUT2D eigenvalue weighted by Gasteiger charge is -2.27. The molecule has 1 aliphatic rings. The number of benzene rings is 2. The van der Waals surface area contributed by atoms with Gasteiger partial charge in [-0.05, 0) is 98.5 Å². The Morgan fingerprint density at radius 2 is 1.79 bits per heavy atom. The second-order valence-electron chi connectivity index (χ2n) is 9.22. The lowest BCUT2D eigenvalue weighted by atomic mass is 9.77. The van der Waals surface area contributed by atoms with Crippen LogP contribution < -0.4 is 0 Å². The molecule has 0 spiro atoms. The van der Waals surface area contributed by atoms with Crippen LogP contribution in [0.5, 0.6) is 0 Å². The number of nitrogens with zero attached hydrogens (tertiary/aromatic N) is 1. The van der Waals surface area contributed by atoms with Crippen LogP contribution in [-0.2, 0) is 6.42 Å². The van der Waals surface area contributed by atoms with Gasteiger partial charge in [0, 0.05) is 17.1 Å². The number of halogens is 3. The summed E-state index contributed by atoms with van der Waals surface area (Å²) in [4.78, 5) is 16.1. The van der Waals surface area contributed by atoms with Crippen molar-refractivity contribution in [3.05, 3.63) is 70.4 Å². The van der Waals surface area contributed by atoms with Crippen LogP contribution in [0.25, 0.3) is 10.9 Å². The number of fused-ring (bicyclic) bond motifs is 1. The number of carboxylic acid groups (broad SMARTS) is 1. The Hall–Kier alpha value is -2.80. The van der Waals surface area contributed by atoms with Crippen molar-refractivity contribution in [2.24, 2.45) is 5.92 Å². The fourth-order valence-electron chi connectivity index (χ4n) is 5.36. The minimum Gasteiger partial charge on any atom is -0.478 e. The van der Waals surface area contributed by atoms with Crippen molar-refractivity contribution in [2.75, 3.05) is 19.6 Å². The molecule has 2 atom stereocenters. The number of aromatic amines is 1. The molecule has 1 aromatic heterocycles. The SMILES string of the molecule is Cc1cc(C)c2[nH]ccc2c1C[C@@H]1CCN(CC(F)(F)F)CC[C@H]1c1ccc(C(=O)O)cc1. The van der Waals surface area contributed by atoms with Gasteiger partial charge in [0.2, 0.25) is 0 Å². The molecule has 1 aliphatic heterocycles. The summed E-state index contributed by atoms with van der Waals surface area (Å²) < 4.78 is 39.3. The molecule has 4 rings (SSSR count). The molecule has 1 fully saturated rings. The summed E-state index contributed by atoms with van der Waals surface area (Å²) in [6.07, 6.45) is -0.259. The van der Waals surface area contributed by atoms with Crippen LogP contribution in [0.3, 0.4) is 0 Å². The molecule has 0 aliphatic carbocycles. The number of hydrogen-bond donors (Lipinski definition) is 2. The van der Waals surface area contributed by atoms with Crippen LogP contribution in [0.1, 0.15) is 51.4 Å². The van der Waals surface area contributed by atoms with Crippen molar-refractivity contribution in [2.45, 2.75) is 45.2 Å². The number of aromatic carboxylic acids is 1. The van der Waals surface area contributed by atoms with Crippen LogP contribution in [0.2, 0.25) is 0 Å². The summed E-state index contributed by atoms with van der Waals surface area (Å²) in [5, 5.41) is 10.4. The predicted octanol–water partition coefficient (Wildman–Crippen LogP) is 6.08. The molecule has 3 aromatic rings. The van der Waals surface area contributed by atoms with E-state index < -0.39 is 18.7 Å². The van der Waals surface area contributed by atoms with Gasteiger partial charge in [-0.2, -0.15) is 13.2 Å². The highest BCUT2D eigenvalue weighted by Crippen LogP contribution is 2.38. The zero-order valence-corrected chi connectivity index (χ0v) is 18.9. The molecule has 0 radical (unpaired) electrons. The number of likely N-dealkylation sites (tertiary alicyclic amines) is 1. The number of carbonyl (C=O) groups is 1. The van der Waals surface area contributed by atoms with Crippen LogP contribution in [0, 0.1) is 19.8 Å². The Bertz CT molecular complexity index is 1130. The Kier molecular flexibility index (Phi) is 6.52. The van der Waals surface area contributed by atoms with Crippen molar-refractivity contribution in [1.29, 1.82) is 0 Å². The summed E-state index contributed by atoms with van der Waals surface area (Å²) in [6.45, 7) is 4.04. The summed E-state index contributed by atoms with van der Waals surface area (Å²) in [6, 6.07) is 11.1. The first-order valence-corrected chi connectivity index (χ1v) is 11.3. The van der Waals surface area contributed by atoms with Gasteiger partial charge in [-0.3, -0.25) is 4.90 Å². The van der Waals surface area contributed by atoms with E-state index in [4.69, 9.17) is 0 Å². The zero-order chi connectivity index (χ0) is 23.8. The molecule has 176 valence electrons. The maximum absolute atomic E-state index is 13.1. The summed E-state index contributed by atoms with van der Waals surface area (Å²) in [7, 11) is 0. The monoisotopic (exact) mass is 458 g/mol.